The maximum absolute atomic E-state index is 13.9. The van der Waals surface area contributed by atoms with Gasteiger partial charge in [0, 0.05) is 31.1 Å². The molecule has 1 saturated heterocycles. The first kappa shape index (κ1) is 21.8. The van der Waals surface area contributed by atoms with E-state index in [1.165, 1.54) is 16.8 Å². The summed E-state index contributed by atoms with van der Waals surface area (Å²) >= 11 is 0. The second kappa shape index (κ2) is 8.37. The van der Waals surface area contributed by atoms with Crippen molar-refractivity contribution in [3.8, 4) is 5.75 Å². The van der Waals surface area contributed by atoms with Crippen LogP contribution in [0.4, 0.5) is 8.78 Å². The van der Waals surface area contributed by atoms with Crippen molar-refractivity contribution in [2.75, 3.05) is 6.54 Å². The number of rotatable bonds is 4. The van der Waals surface area contributed by atoms with Gasteiger partial charge in [-0.3, -0.25) is 14.4 Å². The molecule has 1 aliphatic carbocycles. The van der Waals surface area contributed by atoms with Crippen LogP contribution in [0.1, 0.15) is 58.5 Å². The van der Waals surface area contributed by atoms with Gasteiger partial charge in [0.25, 0.3) is 5.91 Å². The number of amides is 1. The number of Topliss-reactive ketones (excluding diaryl/α,β-unsaturated/α-hetero) is 1. The smallest absolute Gasteiger partial charge is 0.276 e. The number of pyridine rings is 1. The van der Waals surface area contributed by atoms with Gasteiger partial charge >= 0.3 is 0 Å². The van der Waals surface area contributed by atoms with Gasteiger partial charge in [-0.25, -0.2) is 8.78 Å². The summed E-state index contributed by atoms with van der Waals surface area (Å²) in [5.74, 6) is -3.09. The molecule has 2 fully saturated rings. The Labute approximate surface area is 188 Å². The predicted octanol–water partition coefficient (Wildman–Crippen LogP) is 3.02. The fourth-order valence-electron chi connectivity index (χ4n) is 5.19. The maximum atomic E-state index is 13.9. The topological polar surface area (TPSA) is 88.8 Å². The number of ether oxygens (including phenoxy) is 1. The summed E-state index contributed by atoms with van der Waals surface area (Å²) in [6.07, 6.45) is 4.68. The Balaban J connectivity index is 1.40. The van der Waals surface area contributed by atoms with E-state index in [-0.39, 0.29) is 48.2 Å². The molecule has 1 aromatic carbocycles. The van der Waals surface area contributed by atoms with Gasteiger partial charge in [0.1, 0.15) is 11.6 Å². The number of nitrogens with zero attached hydrogens (tertiary/aromatic N) is 2. The highest BCUT2D eigenvalue weighted by atomic mass is 19.1. The van der Waals surface area contributed by atoms with E-state index in [1.54, 1.807) is 4.90 Å². The SMILES string of the molecule is O=C(CCc1ccc(F)cc1F)c1cn2c(c(O)c1=O)C(=O)N1C[C@@H]3CCCC[C@@H]3OC1C2. The van der Waals surface area contributed by atoms with Crippen molar-refractivity contribution in [3.63, 3.8) is 0 Å². The Bertz CT molecular complexity index is 1190. The van der Waals surface area contributed by atoms with Crippen LogP contribution in [0, 0.1) is 17.6 Å². The molecule has 3 atom stereocenters. The number of fused-ring (bicyclic) bond motifs is 3. The van der Waals surface area contributed by atoms with E-state index in [2.05, 4.69) is 0 Å². The summed E-state index contributed by atoms with van der Waals surface area (Å²) in [6.45, 7) is 0.719. The molecule has 3 aliphatic rings. The molecule has 0 spiro atoms. The van der Waals surface area contributed by atoms with Crippen LogP contribution in [0.3, 0.4) is 0 Å². The summed E-state index contributed by atoms with van der Waals surface area (Å²) in [4.78, 5) is 40.2. The van der Waals surface area contributed by atoms with Crippen LogP contribution in [-0.2, 0) is 17.7 Å². The van der Waals surface area contributed by atoms with Crippen molar-refractivity contribution in [1.82, 2.24) is 9.47 Å². The third kappa shape index (κ3) is 3.84. The molecule has 33 heavy (non-hydrogen) atoms. The minimum Gasteiger partial charge on any atom is -0.503 e. The van der Waals surface area contributed by atoms with Crippen molar-refractivity contribution in [3.05, 3.63) is 63.1 Å². The van der Waals surface area contributed by atoms with Crippen LogP contribution in [0.25, 0.3) is 0 Å². The Morgan fingerprint density at radius 3 is 2.73 bits per heavy atom. The normalized spacial score (nSPS) is 24.1. The van der Waals surface area contributed by atoms with Gasteiger partial charge in [-0.2, -0.15) is 0 Å². The van der Waals surface area contributed by atoms with Gasteiger partial charge in [0.15, 0.2) is 23.5 Å². The second-order valence-corrected chi connectivity index (χ2v) is 9.01. The minimum atomic E-state index is -0.925. The molecule has 2 aliphatic heterocycles. The molecule has 2 aromatic rings. The first-order valence-electron chi connectivity index (χ1n) is 11.2. The lowest BCUT2D eigenvalue weighted by Gasteiger charge is -2.48. The Hall–Kier alpha value is -3.07. The molecule has 0 bridgehead atoms. The maximum Gasteiger partial charge on any atom is 0.276 e. The number of carbonyl (C=O) groups is 2. The number of carbonyl (C=O) groups excluding carboxylic acids is 2. The number of hydrogen-bond acceptors (Lipinski definition) is 5. The van der Waals surface area contributed by atoms with Crippen LogP contribution in [0.2, 0.25) is 0 Å². The van der Waals surface area contributed by atoms with Gasteiger partial charge in [-0.1, -0.05) is 18.9 Å². The largest absolute Gasteiger partial charge is 0.503 e. The Kier molecular flexibility index (Phi) is 5.52. The number of benzene rings is 1. The van der Waals surface area contributed by atoms with Gasteiger partial charge in [0.2, 0.25) is 5.43 Å². The lowest BCUT2D eigenvalue weighted by molar-refractivity contribution is -0.169. The zero-order valence-corrected chi connectivity index (χ0v) is 17.9. The summed E-state index contributed by atoms with van der Waals surface area (Å²) < 4.78 is 34.6. The van der Waals surface area contributed by atoms with E-state index in [4.69, 9.17) is 4.74 Å². The van der Waals surface area contributed by atoms with E-state index in [0.717, 1.165) is 37.8 Å². The van der Waals surface area contributed by atoms with E-state index < -0.39 is 40.7 Å². The third-order valence-electron chi connectivity index (χ3n) is 6.96. The average molecular weight is 458 g/mol. The fraction of sp³-hybridized carbons (Fsp3) is 0.458. The number of halogens is 2. The zero-order chi connectivity index (χ0) is 23.3. The number of hydrogen-bond donors (Lipinski definition) is 1. The molecule has 3 heterocycles. The molecule has 1 saturated carbocycles. The van der Waals surface area contributed by atoms with Crippen LogP contribution < -0.4 is 5.43 Å². The van der Waals surface area contributed by atoms with Gasteiger partial charge < -0.3 is 19.3 Å². The molecule has 1 N–H and O–H groups in total. The zero-order valence-electron chi connectivity index (χ0n) is 17.9. The Morgan fingerprint density at radius 1 is 1.15 bits per heavy atom. The number of aromatic hydroxyl groups is 1. The highest BCUT2D eigenvalue weighted by molar-refractivity contribution is 6.00. The van der Waals surface area contributed by atoms with Crippen LogP contribution in [0.5, 0.6) is 5.75 Å². The molecule has 1 amide bonds. The summed E-state index contributed by atoms with van der Waals surface area (Å²) in [6, 6.07) is 3.08. The lowest BCUT2D eigenvalue weighted by Crippen LogP contribution is -2.59. The van der Waals surface area contributed by atoms with Crippen molar-refractivity contribution in [2.24, 2.45) is 5.92 Å². The predicted molar refractivity (Wildman–Crippen MR) is 113 cm³/mol. The number of aryl methyl sites for hydroxylation is 1. The quantitative estimate of drug-likeness (QED) is 0.712. The molecular weight excluding hydrogens is 434 g/mol. The van der Waals surface area contributed by atoms with Gasteiger partial charge in [-0.15, -0.1) is 0 Å². The molecule has 174 valence electrons. The van der Waals surface area contributed by atoms with E-state index in [1.807, 2.05) is 0 Å². The second-order valence-electron chi connectivity index (χ2n) is 9.01. The van der Waals surface area contributed by atoms with Crippen LogP contribution in [0.15, 0.2) is 29.2 Å². The average Bonchev–Trinajstić information content (AvgIpc) is 2.79. The summed E-state index contributed by atoms with van der Waals surface area (Å²) in [5.41, 5.74) is -1.19. The molecule has 1 unspecified atom stereocenters. The molecule has 5 rings (SSSR count). The van der Waals surface area contributed by atoms with Crippen molar-refractivity contribution in [2.45, 2.75) is 57.4 Å². The summed E-state index contributed by atoms with van der Waals surface area (Å²) in [5, 5.41) is 10.6. The lowest BCUT2D eigenvalue weighted by atomic mass is 9.84. The standard InChI is InChI=1S/C24H24F2N2O5/c25-15-7-5-13(17(26)9-15)6-8-18(29)16-11-27-12-20-28(24(32)21(27)23(31)22(16)30)10-14-3-1-2-4-19(14)33-20/h5,7,9,11,14,19-20,31H,1-4,6,8,10,12H2/t14-,19-,20?/m0/s1. The first-order chi connectivity index (χ1) is 15.8. The first-order valence-corrected chi connectivity index (χ1v) is 11.2. The minimum absolute atomic E-state index is 0.0333. The van der Waals surface area contributed by atoms with Crippen LogP contribution in [-0.4, -0.2) is 45.1 Å². The third-order valence-corrected chi connectivity index (χ3v) is 6.96. The molecule has 1 aromatic heterocycles. The van der Waals surface area contributed by atoms with E-state index >= 15 is 0 Å². The van der Waals surface area contributed by atoms with E-state index in [9.17, 15) is 28.3 Å². The Morgan fingerprint density at radius 2 is 1.94 bits per heavy atom. The summed E-state index contributed by atoms with van der Waals surface area (Å²) in [7, 11) is 0. The number of aromatic nitrogens is 1. The monoisotopic (exact) mass is 458 g/mol. The van der Waals surface area contributed by atoms with Crippen molar-refractivity contribution < 1.29 is 28.2 Å². The molecule has 0 radical (unpaired) electrons. The van der Waals surface area contributed by atoms with Crippen LogP contribution >= 0.6 is 0 Å². The fourth-order valence-corrected chi connectivity index (χ4v) is 5.19. The molecular formula is C24H24F2N2O5. The van der Waals surface area contributed by atoms with Gasteiger partial charge in [0.05, 0.1) is 18.2 Å². The van der Waals surface area contributed by atoms with E-state index in [0.29, 0.717) is 6.54 Å². The van der Waals surface area contributed by atoms with Crippen molar-refractivity contribution >= 4 is 11.7 Å². The van der Waals surface area contributed by atoms with Crippen molar-refractivity contribution in [1.29, 1.82) is 0 Å². The van der Waals surface area contributed by atoms with Gasteiger partial charge in [-0.05, 0) is 30.9 Å². The number of ketones is 1. The molecule has 7 nitrogen and oxygen atoms in total. The molecule has 9 heteroatoms. The highest BCUT2D eigenvalue weighted by Crippen LogP contribution is 2.36. The highest BCUT2D eigenvalue weighted by Gasteiger charge is 2.44.